The molecule has 0 fully saturated rings. The van der Waals surface area contributed by atoms with E-state index in [2.05, 4.69) is 56.5 Å². The molecule has 3 rings (SSSR count). The maximum absolute atomic E-state index is 6.39. The fourth-order valence-electron chi connectivity index (χ4n) is 3.45. The molecule has 2 atom stereocenters. The van der Waals surface area contributed by atoms with Crippen molar-refractivity contribution >= 4 is 5.82 Å². The second-order valence-electron chi connectivity index (χ2n) is 6.80. The Hall–Kier alpha value is -1.77. The van der Waals surface area contributed by atoms with E-state index in [0.29, 0.717) is 17.9 Å². The fourth-order valence-corrected chi connectivity index (χ4v) is 3.45. The monoisotopic (exact) mass is 283 g/mol. The topological polar surface area (TPSA) is 43.8 Å². The van der Waals surface area contributed by atoms with Gasteiger partial charge in [0.15, 0.2) is 0 Å². The summed E-state index contributed by atoms with van der Waals surface area (Å²) in [5.74, 6) is 3.20. The molecule has 112 valence electrons. The molecule has 0 amide bonds. The highest BCUT2D eigenvalue weighted by atomic mass is 15.2. The van der Waals surface area contributed by atoms with Crippen LogP contribution in [-0.2, 0) is 6.42 Å². The van der Waals surface area contributed by atoms with Crippen molar-refractivity contribution in [3.8, 4) is 11.3 Å². The first kappa shape index (κ1) is 14.2. The molecule has 0 spiro atoms. The Morgan fingerprint density at radius 1 is 1.19 bits per heavy atom. The Morgan fingerprint density at radius 2 is 1.86 bits per heavy atom. The van der Waals surface area contributed by atoms with Crippen molar-refractivity contribution in [1.29, 1.82) is 0 Å². The number of nitrogen functional groups attached to an aromatic ring is 1. The van der Waals surface area contributed by atoms with Gasteiger partial charge in [-0.15, -0.1) is 0 Å². The molecule has 21 heavy (non-hydrogen) atoms. The summed E-state index contributed by atoms with van der Waals surface area (Å²) < 4.78 is 2.23. The van der Waals surface area contributed by atoms with Crippen LogP contribution in [0.15, 0.2) is 24.3 Å². The summed E-state index contributed by atoms with van der Waals surface area (Å²) in [5, 5.41) is 0. The Morgan fingerprint density at radius 3 is 2.48 bits per heavy atom. The minimum Gasteiger partial charge on any atom is -0.383 e. The smallest absolute Gasteiger partial charge is 0.131 e. The third-order valence-electron chi connectivity index (χ3n) is 4.59. The third kappa shape index (κ3) is 2.45. The number of nitrogens with two attached hydrogens (primary N) is 1. The second-order valence-corrected chi connectivity index (χ2v) is 6.80. The van der Waals surface area contributed by atoms with E-state index >= 15 is 0 Å². The molecule has 0 radical (unpaired) electrons. The van der Waals surface area contributed by atoms with Crippen molar-refractivity contribution < 1.29 is 0 Å². The summed E-state index contributed by atoms with van der Waals surface area (Å²) in [6, 6.07) is 9.11. The Kier molecular flexibility index (Phi) is 3.52. The molecule has 2 aromatic rings. The van der Waals surface area contributed by atoms with E-state index in [1.54, 1.807) is 0 Å². The van der Waals surface area contributed by atoms with E-state index in [4.69, 9.17) is 10.7 Å². The highest BCUT2D eigenvalue weighted by Crippen LogP contribution is 2.36. The molecule has 0 saturated heterocycles. The van der Waals surface area contributed by atoms with Crippen LogP contribution in [0.4, 0.5) is 5.82 Å². The van der Waals surface area contributed by atoms with Crippen LogP contribution in [0, 0.1) is 5.92 Å². The number of hydrogen-bond acceptors (Lipinski definition) is 2. The Labute approximate surface area is 127 Å². The van der Waals surface area contributed by atoms with Crippen LogP contribution in [-0.4, -0.2) is 9.55 Å². The van der Waals surface area contributed by atoms with Crippen molar-refractivity contribution in [1.82, 2.24) is 9.55 Å². The van der Waals surface area contributed by atoms with E-state index in [1.807, 2.05) is 0 Å². The van der Waals surface area contributed by atoms with Crippen molar-refractivity contribution in [3.05, 3.63) is 35.7 Å². The first-order valence-electron chi connectivity index (χ1n) is 7.94. The lowest BCUT2D eigenvalue weighted by Crippen LogP contribution is -2.22. The number of aromatic nitrogens is 2. The largest absolute Gasteiger partial charge is 0.383 e. The number of benzene rings is 1. The predicted octanol–water partition coefficient (Wildman–Crippen LogP) is 4.40. The lowest BCUT2D eigenvalue weighted by atomic mass is 9.95. The molecular formula is C18H25N3. The molecule has 2 heterocycles. The SMILES string of the molecule is CC1Cc2nc(-c3ccc(C(C)C)cc3)c(N)n2C(C)C1. The van der Waals surface area contributed by atoms with Crippen LogP contribution in [0.5, 0.6) is 0 Å². The fraction of sp³-hybridized carbons (Fsp3) is 0.500. The van der Waals surface area contributed by atoms with Gasteiger partial charge in [-0.2, -0.15) is 0 Å². The average molecular weight is 283 g/mol. The molecule has 0 bridgehead atoms. The summed E-state index contributed by atoms with van der Waals surface area (Å²) in [5.41, 5.74) is 9.81. The summed E-state index contributed by atoms with van der Waals surface area (Å²) in [6.07, 6.45) is 2.21. The summed E-state index contributed by atoms with van der Waals surface area (Å²) in [7, 11) is 0. The van der Waals surface area contributed by atoms with Gasteiger partial charge >= 0.3 is 0 Å². The molecular weight excluding hydrogens is 258 g/mol. The lowest BCUT2D eigenvalue weighted by molar-refractivity contribution is 0.346. The lowest BCUT2D eigenvalue weighted by Gasteiger charge is -2.27. The Balaban J connectivity index is 2.02. The molecule has 0 saturated carbocycles. The molecule has 3 heteroatoms. The molecule has 1 aromatic heterocycles. The van der Waals surface area contributed by atoms with E-state index in [-0.39, 0.29) is 0 Å². The normalized spacial score (nSPS) is 21.6. The number of nitrogens with zero attached hydrogens (tertiary/aromatic N) is 2. The molecule has 2 N–H and O–H groups in total. The van der Waals surface area contributed by atoms with Crippen LogP contribution >= 0.6 is 0 Å². The third-order valence-corrected chi connectivity index (χ3v) is 4.59. The van der Waals surface area contributed by atoms with Crippen LogP contribution in [0.2, 0.25) is 0 Å². The van der Waals surface area contributed by atoms with Crippen molar-refractivity contribution in [2.24, 2.45) is 5.92 Å². The maximum atomic E-state index is 6.39. The van der Waals surface area contributed by atoms with E-state index in [9.17, 15) is 0 Å². The first-order chi connectivity index (χ1) is 9.97. The van der Waals surface area contributed by atoms with Crippen molar-refractivity contribution in [2.75, 3.05) is 5.73 Å². The standard InChI is InChI=1S/C18H25N3/c1-11(2)14-5-7-15(8-6-14)17-18(19)21-13(4)9-12(3)10-16(21)20-17/h5-8,11-13H,9-10,19H2,1-4H3. The average Bonchev–Trinajstić information content (AvgIpc) is 2.76. The van der Waals surface area contributed by atoms with Gasteiger partial charge in [0.1, 0.15) is 17.3 Å². The highest BCUT2D eigenvalue weighted by molar-refractivity contribution is 5.71. The van der Waals surface area contributed by atoms with Gasteiger partial charge in [-0.05, 0) is 30.7 Å². The molecule has 2 unspecified atom stereocenters. The first-order valence-corrected chi connectivity index (χ1v) is 7.94. The number of fused-ring (bicyclic) bond motifs is 1. The zero-order valence-electron chi connectivity index (χ0n) is 13.4. The molecule has 1 aliphatic rings. The molecule has 0 aliphatic carbocycles. The number of anilines is 1. The van der Waals surface area contributed by atoms with Crippen molar-refractivity contribution in [3.63, 3.8) is 0 Å². The van der Waals surface area contributed by atoms with E-state index in [1.165, 1.54) is 12.0 Å². The van der Waals surface area contributed by atoms with Gasteiger partial charge in [-0.25, -0.2) is 4.98 Å². The van der Waals surface area contributed by atoms with Gasteiger partial charge in [0, 0.05) is 18.0 Å². The van der Waals surface area contributed by atoms with Crippen LogP contribution in [0.25, 0.3) is 11.3 Å². The maximum Gasteiger partial charge on any atom is 0.131 e. The van der Waals surface area contributed by atoms with Gasteiger partial charge < -0.3 is 10.3 Å². The van der Waals surface area contributed by atoms with Crippen molar-refractivity contribution in [2.45, 2.75) is 52.5 Å². The summed E-state index contributed by atoms with van der Waals surface area (Å²) in [6.45, 7) is 8.95. The summed E-state index contributed by atoms with van der Waals surface area (Å²) >= 11 is 0. The predicted molar refractivity (Wildman–Crippen MR) is 88.4 cm³/mol. The van der Waals surface area contributed by atoms with Gasteiger partial charge in [0.05, 0.1) is 0 Å². The quantitative estimate of drug-likeness (QED) is 0.887. The number of rotatable bonds is 2. The Bertz CT molecular complexity index is 637. The molecule has 3 nitrogen and oxygen atoms in total. The van der Waals surface area contributed by atoms with Gasteiger partial charge in [0.2, 0.25) is 0 Å². The highest BCUT2D eigenvalue weighted by Gasteiger charge is 2.26. The zero-order valence-corrected chi connectivity index (χ0v) is 13.4. The number of imidazole rings is 1. The minimum atomic E-state index is 0.444. The minimum absolute atomic E-state index is 0.444. The zero-order chi connectivity index (χ0) is 15.1. The van der Waals surface area contributed by atoms with E-state index in [0.717, 1.165) is 29.3 Å². The van der Waals surface area contributed by atoms with Crippen LogP contribution in [0.3, 0.4) is 0 Å². The van der Waals surface area contributed by atoms with Gasteiger partial charge in [0.25, 0.3) is 0 Å². The van der Waals surface area contributed by atoms with Gasteiger partial charge in [-0.1, -0.05) is 45.0 Å². The van der Waals surface area contributed by atoms with Crippen LogP contribution < -0.4 is 5.73 Å². The second kappa shape index (κ2) is 5.21. The van der Waals surface area contributed by atoms with Gasteiger partial charge in [-0.3, -0.25) is 0 Å². The van der Waals surface area contributed by atoms with Crippen LogP contribution in [0.1, 0.15) is 57.5 Å². The molecule has 1 aromatic carbocycles. The van der Waals surface area contributed by atoms with E-state index < -0.39 is 0 Å². The molecule has 1 aliphatic heterocycles. The summed E-state index contributed by atoms with van der Waals surface area (Å²) in [4.78, 5) is 4.83. The number of hydrogen-bond donors (Lipinski definition) is 1.